The van der Waals surface area contributed by atoms with Gasteiger partial charge < -0.3 is 14.9 Å². The Morgan fingerprint density at radius 2 is 2.39 bits per heavy atom. The van der Waals surface area contributed by atoms with Crippen LogP contribution in [0, 0.1) is 5.92 Å². The van der Waals surface area contributed by atoms with Crippen molar-refractivity contribution in [1.29, 1.82) is 0 Å². The second-order valence-electron chi connectivity index (χ2n) is 4.98. The maximum Gasteiger partial charge on any atom is 0.354 e. The van der Waals surface area contributed by atoms with Gasteiger partial charge in [-0.2, -0.15) is 0 Å². The van der Waals surface area contributed by atoms with Crippen LogP contribution in [0.15, 0.2) is 18.2 Å². The summed E-state index contributed by atoms with van der Waals surface area (Å²) in [5.41, 5.74) is 0.0999. The van der Waals surface area contributed by atoms with Crippen LogP contribution in [0.25, 0.3) is 0 Å². The van der Waals surface area contributed by atoms with Crippen LogP contribution in [0.5, 0.6) is 0 Å². The molecule has 0 saturated carbocycles. The van der Waals surface area contributed by atoms with E-state index in [1.807, 2.05) is 18.0 Å². The maximum absolute atomic E-state index is 10.9. The van der Waals surface area contributed by atoms with E-state index in [0.29, 0.717) is 5.92 Å². The predicted molar refractivity (Wildman–Crippen MR) is 70.1 cm³/mol. The Bertz CT molecular complexity index is 436. The lowest BCUT2D eigenvalue weighted by Crippen LogP contribution is -2.28. The van der Waals surface area contributed by atoms with Gasteiger partial charge in [0, 0.05) is 20.1 Å². The molecule has 1 aromatic rings. The normalized spacial score (nSPS) is 20.0. The second kappa shape index (κ2) is 5.35. The van der Waals surface area contributed by atoms with Crippen LogP contribution in [-0.2, 0) is 0 Å². The number of aromatic nitrogens is 1. The zero-order valence-electron chi connectivity index (χ0n) is 10.8. The molecule has 1 saturated heterocycles. The molecule has 1 aliphatic rings. The summed E-state index contributed by atoms with van der Waals surface area (Å²) in [4.78, 5) is 19.4. The summed E-state index contributed by atoms with van der Waals surface area (Å²) in [5, 5.41) is 8.92. The number of carbonyl (C=O) groups is 1. The topological polar surface area (TPSA) is 56.7 Å². The molecule has 0 spiro atoms. The Morgan fingerprint density at radius 1 is 1.61 bits per heavy atom. The van der Waals surface area contributed by atoms with Crippen molar-refractivity contribution in [3.05, 3.63) is 23.9 Å². The Kier molecular flexibility index (Phi) is 3.81. The second-order valence-corrected chi connectivity index (χ2v) is 4.98. The molecule has 5 heteroatoms. The fraction of sp³-hybridized carbons (Fsp3) is 0.538. The Labute approximate surface area is 107 Å². The quantitative estimate of drug-likeness (QED) is 0.868. The number of aromatic carboxylic acids is 1. The molecule has 1 aliphatic heterocycles. The van der Waals surface area contributed by atoms with Crippen molar-refractivity contribution in [3.63, 3.8) is 0 Å². The fourth-order valence-corrected chi connectivity index (χ4v) is 2.41. The lowest BCUT2D eigenvalue weighted by molar-refractivity contribution is 0.0690. The smallest absolute Gasteiger partial charge is 0.354 e. The van der Waals surface area contributed by atoms with E-state index in [9.17, 15) is 4.79 Å². The monoisotopic (exact) mass is 249 g/mol. The summed E-state index contributed by atoms with van der Waals surface area (Å²) in [6.45, 7) is 3.16. The van der Waals surface area contributed by atoms with Crippen LogP contribution in [0.3, 0.4) is 0 Å². The largest absolute Gasteiger partial charge is 0.477 e. The molecule has 0 bridgehead atoms. The van der Waals surface area contributed by atoms with Gasteiger partial charge in [0.05, 0.1) is 0 Å². The molecule has 5 nitrogen and oxygen atoms in total. The number of rotatable bonds is 4. The lowest BCUT2D eigenvalue weighted by Gasteiger charge is -2.22. The average molecular weight is 249 g/mol. The Balaban J connectivity index is 2.02. The van der Waals surface area contributed by atoms with E-state index >= 15 is 0 Å². The molecular weight excluding hydrogens is 230 g/mol. The molecule has 0 aromatic carbocycles. The van der Waals surface area contributed by atoms with Crippen LogP contribution < -0.4 is 4.90 Å². The highest BCUT2D eigenvalue weighted by Gasteiger charge is 2.21. The molecule has 0 radical (unpaired) electrons. The number of carboxylic acids is 1. The van der Waals surface area contributed by atoms with E-state index in [-0.39, 0.29) is 5.69 Å². The van der Waals surface area contributed by atoms with Gasteiger partial charge in [-0.3, -0.25) is 0 Å². The molecule has 18 heavy (non-hydrogen) atoms. The van der Waals surface area contributed by atoms with E-state index in [1.54, 1.807) is 6.07 Å². The Hall–Kier alpha value is -1.62. The standard InChI is InChI=1S/C13H19N3O2/c1-15-7-6-10(8-15)9-16(2)12-5-3-4-11(14-12)13(17)18/h3-5,10H,6-9H2,1-2H3,(H,17,18). The van der Waals surface area contributed by atoms with Gasteiger partial charge in [-0.15, -0.1) is 0 Å². The third kappa shape index (κ3) is 2.98. The summed E-state index contributed by atoms with van der Waals surface area (Å²) in [5.74, 6) is 0.380. The molecule has 1 atom stereocenters. The fourth-order valence-electron chi connectivity index (χ4n) is 2.41. The van der Waals surface area contributed by atoms with Crippen LogP contribution >= 0.6 is 0 Å². The zero-order valence-corrected chi connectivity index (χ0v) is 10.8. The number of nitrogens with zero attached hydrogens (tertiary/aromatic N) is 3. The van der Waals surface area contributed by atoms with E-state index in [1.165, 1.54) is 12.5 Å². The third-order valence-electron chi connectivity index (χ3n) is 3.37. The minimum absolute atomic E-state index is 0.0999. The minimum atomic E-state index is -0.981. The number of hydrogen-bond acceptors (Lipinski definition) is 4. The van der Waals surface area contributed by atoms with Gasteiger partial charge in [-0.05, 0) is 38.1 Å². The van der Waals surface area contributed by atoms with Gasteiger partial charge in [0.15, 0.2) is 5.69 Å². The summed E-state index contributed by atoms with van der Waals surface area (Å²) < 4.78 is 0. The number of hydrogen-bond donors (Lipinski definition) is 1. The summed E-state index contributed by atoms with van der Waals surface area (Å²) in [7, 11) is 4.09. The average Bonchev–Trinajstić information content (AvgIpc) is 2.75. The van der Waals surface area contributed by atoms with Gasteiger partial charge in [0.2, 0.25) is 0 Å². The molecule has 2 rings (SSSR count). The van der Waals surface area contributed by atoms with E-state index in [4.69, 9.17) is 5.11 Å². The van der Waals surface area contributed by atoms with Crippen LogP contribution in [0.4, 0.5) is 5.82 Å². The SMILES string of the molecule is CN1CCC(CN(C)c2cccc(C(=O)O)n2)C1. The first-order chi connectivity index (χ1) is 8.56. The Morgan fingerprint density at radius 3 is 3.00 bits per heavy atom. The number of pyridine rings is 1. The van der Waals surface area contributed by atoms with E-state index in [0.717, 1.165) is 25.5 Å². The molecule has 1 unspecified atom stereocenters. The van der Waals surface area contributed by atoms with Crippen LogP contribution in [0.1, 0.15) is 16.9 Å². The maximum atomic E-state index is 10.9. The summed E-state index contributed by atoms with van der Waals surface area (Å²) in [6, 6.07) is 5.11. The molecule has 98 valence electrons. The van der Waals surface area contributed by atoms with Gasteiger partial charge >= 0.3 is 5.97 Å². The lowest BCUT2D eigenvalue weighted by atomic mass is 10.1. The first-order valence-corrected chi connectivity index (χ1v) is 6.16. The van der Waals surface area contributed by atoms with Crippen molar-refractivity contribution >= 4 is 11.8 Å². The van der Waals surface area contributed by atoms with Gasteiger partial charge in [0.1, 0.15) is 5.82 Å². The van der Waals surface area contributed by atoms with Gasteiger partial charge in [-0.1, -0.05) is 6.07 Å². The third-order valence-corrected chi connectivity index (χ3v) is 3.37. The van der Waals surface area contributed by atoms with Crippen molar-refractivity contribution in [2.75, 3.05) is 38.6 Å². The van der Waals surface area contributed by atoms with Crippen molar-refractivity contribution in [1.82, 2.24) is 9.88 Å². The number of likely N-dealkylation sites (tertiary alicyclic amines) is 1. The van der Waals surface area contributed by atoms with Gasteiger partial charge in [0.25, 0.3) is 0 Å². The first-order valence-electron chi connectivity index (χ1n) is 6.16. The number of carboxylic acid groups (broad SMARTS) is 1. The molecular formula is C13H19N3O2. The molecule has 1 N–H and O–H groups in total. The molecule has 0 amide bonds. The molecule has 2 heterocycles. The minimum Gasteiger partial charge on any atom is -0.477 e. The van der Waals surface area contributed by atoms with Crippen LogP contribution in [-0.4, -0.2) is 54.7 Å². The first kappa shape index (κ1) is 12.8. The van der Waals surface area contributed by atoms with Gasteiger partial charge in [-0.25, -0.2) is 9.78 Å². The molecule has 1 aromatic heterocycles. The molecule has 0 aliphatic carbocycles. The van der Waals surface area contributed by atoms with Crippen molar-refractivity contribution < 1.29 is 9.90 Å². The van der Waals surface area contributed by atoms with Crippen molar-refractivity contribution in [2.45, 2.75) is 6.42 Å². The van der Waals surface area contributed by atoms with Crippen molar-refractivity contribution in [3.8, 4) is 0 Å². The number of anilines is 1. The highest BCUT2D eigenvalue weighted by atomic mass is 16.4. The zero-order chi connectivity index (χ0) is 13.1. The highest BCUT2D eigenvalue weighted by molar-refractivity contribution is 5.85. The molecule has 1 fully saturated rings. The highest BCUT2D eigenvalue weighted by Crippen LogP contribution is 2.18. The van der Waals surface area contributed by atoms with Crippen molar-refractivity contribution in [2.24, 2.45) is 5.92 Å². The predicted octanol–water partition coefficient (Wildman–Crippen LogP) is 1.17. The summed E-state index contributed by atoms with van der Waals surface area (Å²) >= 11 is 0. The van der Waals surface area contributed by atoms with E-state index in [2.05, 4.69) is 16.9 Å². The van der Waals surface area contributed by atoms with Crippen LogP contribution in [0.2, 0.25) is 0 Å². The van der Waals surface area contributed by atoms with E-state index < -0.39 is 5.97 Å². The summed E-state index contributed by atoms with van der Waals surface area (Å²) in [6.07, 6.45) is 1.19.